The Labute approximate surface area is 105 Å². The van der Waals surface area contributed by atoms with E-state index in [9.17, 15) is 4.79 Å². The van der Waals surface area contributed by atoms with Gasteiger partial charge in [0.15, 0.2) is 5.41 Å². The number of nitrogens with one attached hydrogen (secondary N) is 1. The molecule has 0 atom stereocenters. The largest absolute Gasteiger partial charge is 0.377 e. The van der Waals surface area contributed by atoms with Gasteiger partial charge >= 0.3 is 0 Å². The van der Waals surface area contributed by atoms with E-state index in [4.69, 9.17) is 10.00 Å². The van der Waals surface area contributed by atoms with Crippen LogP contribution in [-0.4, -0.2) is 19.1 Å². The molecule has 0 spiro atoms. The first-order chi connectivity index (χ1) is 7.66. The van der Waals surface area contributed by atoms with Crippen LogP contribution in [0.4, 0.5) is 0 Å². The number of hydrogen-bond donors (Lipinski definition) is 1. The molecule has 0 radical (unpaired) electrons. The summed E-state index contributed by atoms with van der Waals surface area (Å²) in [5.74, 6) is -0.245. The molecule has 0 aliphatic carbocycles. The van der Waals surface area contributed by atoms with Crippen LogP contribution in [0.15, 0.2) is 15.9 Å². The fraction of sp³-hybridized carbons (Fsp3) is 0.400. The molecule has 0 bridgehead atoms. The number of hydrogen-bond acceptors (Lipinski definition) is 4. The molecular weight excluding hydrogens is 292 g/mol. The molecule has 2 rings (SSSR count). The van der Waals surface area contributed by atoms with Gasteiger partial charge in [0.2, 0.25) is 5.91 Å². The quantitative estimate of drug-likeness (QED) is 0.923. The van der Waals surface area contributed by atoms with Crippen LogP contribution < -0.4 is 5.32 Å². The van der Waals surface area contributed by atoms with E-state index < -0.39 is 5.41 Å². The summed E-state index contributed by atoms with van der Waals surface area (Å²) < 4.78 is 5.92. The maximum absolute atomic E-state index is 11.7. The van der Waals surface area contributed by atoms with Gasteiger partial charge in [0.05, 0.1) is 25.8 Å². The molecule has 1 aliphatic rings. The van der Waals surface area contributed by atoms with Crippen molar-refractivity contribution in [2.45, 2.75) is 6.54 Å². The minimum Gasteiger partial charge on any atom is -0.377 e. The molecule has 1 saturated heterocycles. The highest BCUT2D eigenvalue weighted by molar-refractivity contribution is 9.10. The van der Waals surface area contributed by atoms with Crippen LogP contribution in [0.25, 0.3) is 0 Å². The molecule has 0 unspecified atom stereocenters. The molecule has 1 aliphatic heterocycles. The maximum atomic E-state index is 11.7. The second-order valence-corrected chi connectivity index (χ2v) is 5.51. The smallest absolute Gasteiger partial charge is 0.245 e. The Hall–Kier alpha value is -0.900. The van der Waals surface area contributed by atoms with Gasteiger partial charge in [-0.2, -0.15) is 5.26 Å². The molecule has 84 valence electrons. The summed E-state index contributed by atoms with van der Waals surface area (Å²) in [6, 6.07) is 3.96. The Bertz CT molecular complexity index is 448. The number of halogens is 1. The third-order valence-electron chi connectivity index (χ3n) is 2.39. The van der Waals surface area contributed by atoms with Crippen molar-refractivity contribution >= 4 is 33.2 Å². The number of carbonyl (C=O) groups excluding carboxylic acids is 1. The van der Waals surface area contributed by atoms with Gasteiger partial charge in [0, 0.05) is 14.7 Å². The van der Waals surface area contributed by atoms with Crippen molar-refractivity contribution in [1.82, 2.24) is 5.32 Å². The zero-order valence-electron chi connectivity index (χ0n) is 8.33. The fourth-order valence-electron chi connectivity index (χ4n) is 1.34. The summed E-state index contributed by atoms with van der Waals surface area (Å²) in [6.45, 7) is 0.853. The fourth-order valence-corrected chi connectivity index (χ4v) is 2.73. The van der Waals surface area contributed by atoms with E-state index in [1.807, 2.05) is 17.5 Å². The molecule has 16 heavy (non-hydrogen) atoms. The lowest BCUT2D eigenvalue weighted by Gasteiger charge is -2.33. The predicted octanol–water partition coefficient (Wildman–Crippen LogP) is 1.67. The zero-order valence-corrected chi connectivity index (χ0v) is 10.7. The lowest BCUT2D eigenvalue weighted by Crippen LogP contribution is -2.52. The summed E-state index contributed by atoms with van der Waals surface area (Å²) in [6.07, 6.45) is 0. The highest BCUT2D eigenvalue weighted by Gasteiger charge is 2.46. The van der Waals surface area contributed by atoms with Gasteiger partial charge in [0.25, 0.3) is 0 Å². The van der Waals surface area contributed by atoms with Crippen molar-refractivity contribution in [3.05, 3.63) is 20.8 Å². The van der Waals surface area contributed by atoms with Crippen LogP contribution in [0.1, 0.15) is 4.88 Å². The summed E-state index contributed by atoms with van der Waals surface area (Å²) in [4.78, 5) is 12.8. The van der Waals surface area contributed by atoms with E-state index >= 15 is 0 Å². The summed E-state index contributed by atoms with van der Waals surface area (Å²) in [5, 5.41) is 13.6. The SMILES string of the molecule is N#CC1(C(=O)NCc2cc(Br)cs2)COC1. The third kappa shape index (κ3) is 2.12. The Balaban J connectivity index is 1.91. The average molecular weight is 301 g/mol. The highest BCUT2D eigenvalue weighted by Crippen LogP contribution is 2.27. The van der Waals surface area contributed by atoms with Gasteiger partial charge in [-0.1, -0.05) is 0 Å². The maximum Gasteiger partial charge on any atom is 0.245 e. The molecule has 2 heterocycles. The number of carbonyl (C=O) groups is 1. The van der Waals surface area contributed by atoms with Crippen LogP contribution in [0, 0.1) is 16.7 Å². The lowest BCUT2D eigenvalue weighted by molar-refractivity contribution is -0.150. The van der Waals surface area contributed by atoms with Gasteiger partial charge < -0.3 is 10.1 Å². The van der Waals surface area contributed by atoms with Crippen molar-refractivity contribution in [2.75, 3.05) is 13.2 Å². The van der Waals surface area contributed by atoms with E-state index in [1.54, 1.807) is 11.3 Å². The Morgan fingerprint density at radius 2 is 2.50 bits per heavy atom. The van der Waals surface area contributed by atoms with Crippen molar-refractivity contribution in [3.63, 3.8) is 0 Å². The minimum atomic E-state index is -0.964. The summed E-state index contributed by atoms with van der Waals surface area (Å²) >= 11 is 4.90. The number of thiophene rings is 1. The third-order valence-corrected chi connectivity index (χ3v) is 4.09. The lowest BCUT2D eigenvalue weighted by atomic mass is 9.87. The Morgan fingerprint density at radius 3 is 2.94 bits per heavy atom. The number of rotatable bonds is 3. The monoisotopic (exact) mass is 300 g/mol. The Morgan fingerprint density at radius 1 is 1.75 bits per heavy atom. The van der Waals surface area contributed by atoms with Crippen molar-refractivity contribution in [1.29, 1.82) is 5.26 Å². The van der Waals surface area contributed by atoms with E-state index in [-0.39, 0.29) is 19.1 Å². The second-order valence-electron chi connectivity index (χ2n) is 3.60. The molecule has 1 fully saturated rings. The average Bonchev–Trinajstić information content (AvgIpc) is 2.60. The van der Waals surface area contributed by atoms with E-state index in [0.29, 0.717) is 6.54 Å². The number of amides is 1. The van der Waals surface area contributed by atoms with Crippen molar-refractivity contribution in [3.8, 4) is 6.07 Å². The predicted molar refractivity (Wildman–Crippen MR) is 62.7 cm³/mol. The van der Waals surface area contributed by atoms with Crippen LogP contribution in [0.3, 0.4) is 0 Å². The standard InChI is InChI=1S/C10H9BrN2O2S/c11-7-1-8(16-3-7)2-13-9(14)10(4-12)5-15-6-10/h1,3H,2,5-6H2,(H,13,14). The van der Waals surface area contributed by atoms with Gasteiger partial charge in [0.1, 0.15) is 0 Å². The molecule has 0 aromatic carbocycles. The topological polar surface area (TPSA) is 62.1 Å². The number of nitrogens with zero attached hydrogens (tertiary/aromatic N) is 1. The van der Waals surface area contributed by atoms with Crippen molar-refractivity contribution in [2.24, 2.45) is 5.41 Å². The molecule has 6 heteroatoms. The molecule has 1 amide bonds. The first-order valence-corrected chi connectivity index (χ1v) is 6.34. The van der Waals surface area contributed by atoms with E-state index in [2.05, 4.69) is 21.2 Å². The van der Waals surface area contributed by atoms with Crippen LogP contribution in [0.5, 0.6) is 0 Å². The molecule has 1 N–H and O–H groups in total. The molecule has 0 saturated carbocycles. The first-order valence-electron chi connectivity index (χ1n) is 4.66. The summed E-state index contributed by atoms with van der Waals surface area (Å²) in [7, 11) is 0. The minimum absolute atomic E-state index is 0.198. The number of nitriles is 1. The van der Waals surface area contributed by atoms with Crippen LogP contribution in [0.2, 0.25) is 0 Å². The summed E-state index contributed by atoms with van der Waals surface area (Å²) in [5.41, 5.74) is -0.964. The Kier molecular flexibility index (Phi) is 3.28. The molecule has 4 nitrogen and oxygen atoms in total. The second kappa shape index (κ2) is 4.53. The highest BCUT2D eigenvalue weighted by atomic mass is 79.9. The van der Waals surface area contributed by atoms with Gasteiger partial charge in [-0.15, -0.1) is 11.3 Å². The molecular formula is C10H9BrN2O2S. The van der Waals surface area contributed by atoms with Crippen LogP contribution >= 0.6 is 27.3 Å². The van der Waals surface area contributed by atoms with Crippen LogP contribution in [-0.2, 0) is 16.1 Å². The normalized spacial score (nSPS) is 17.2. The number of ether oxygens (including phenoxy) is 1. The van der Waals surface area contributed by atoms with Gasteiger partial charge in [-0.05, 0) is 22.0 Å². The van der Waals surface area contributed by atoms with E-state index in [0.717, 1.165) is 9.35 Å². The van der Waals surface area contributed by atoms with E-state index in [1.165, 1.54) is 0 Å². The van der Waals surface area contributed by atoms with Gasteiger partial charge in [-0.3, -0.25) is 4.79 Å². The zero-order chi connectivity index (χ0) is 11.6. The van der Waals surface area contributed by atoms with Gasteiger partial charge in [-0.25, -0.2) is 0 Å². The van der Waals surface area contributed by atoms with Crippen molar-refractivity contribution < 1.29 is 9.53 Å². The molecule has 1 aromatic heterocycles. The molecule has 1 aromatic rings. The first kappa shape index (κ1) is 11.6.